The molecule has 4 fully saturated rings. The van der Waals surface area contributed by atoms with Gasteiger partial charge in [-0.15, -0.1) is 0 Å². The number of nitrogens with zero attached hydrogens (tertiary/aromatic N) is 2. The van der Waals surface area contributed by atoms with Crippen LogP contribution >= 0.6 is 0 Å². The van der Waals surface area contributed by atoms with E-state index in [1.54, 1.807) is 0 Å². The molecule has 0 radical (unpaired) electrons. The number of aromatic amines is 1. The highest BCUT2D eigenvalue weighted by Crippen LogP contribution is 2.61. The minimum atomic E-state index is -4.40. The van der Waals surface area contributed by atoms with Gasteiger partial charge >= 0.3 is 6.18 Å². The molecule has 1 amide bonds. The molecule has 154 valence electrons. The van der Waals surface area contributed by atoms with Crippen molar-refractivity contribution in [3.05, 3.63) is 59.9 Å². The van der Waals surface area contributed by atoms with Crippen LogP contribution in [0.4, 0.5) is 19.0 Å². The maximum absolute atomic E-state index is 13.5. The topological polar surface area (TPSA) is 61.0 Å². The van der Waals surface area contributed by atoms with E-state index in [1.807, 2.05) is 35.4 Å². The van der Waals surface area contributed by atoms with Crippen LogP contribution in [0.5, 0.6) is 0 Å². The smallest absolute Gasteiger partial charge is 0.365 e. The Bertz CT molecular complexity index is 1140. The minimum absolute atomic E-state index is 0.0129. The molecule has 4 heterocycles. The molecule has 0 spiro atoms. The molecular weight excluding hydrogens is 393 g/mol. The van der Waals surface area contributed by atoms with Gasteiger partial charge in [-0.1, -0.05) is 12.1 Å². The van der Waals surface area contributed by atoms with E-state index in [2.05, 4.69) is 15.3 Å². The number of pyridine rings is 1. The summed E-state index contributed by atoms with van der Waals surface area (Å²) in [5.41, 5.74) is 0.747. The normalized spacial score (nSPS) is 29.3. The third kappa shape index (κ3) is 2.55. The predicted molar refractivity (Wildman–Crippen MR) is 105 cm³/mol. The van der Waals surface area contributed by atoms with Gasteiger partial charge in [-0.3, -0.25) is 4.79 Å². The first-order valence-corrected chi connectivity index (χ1v) is 10.1. The molecule has 3 aromatic rings. The standard InChI is InChI=1S/C22H19F3N4O/c23-22(24,25)12-4-5-18(27-10-12)28-16-8-14-15-9-17(16)29(20(14)15)21(30)13-3-1-2-11-6-7-26-19(11)13/h1-7,10,14-17,20,26H,8-9H2,(H,27,28). The summed E-state index contributed by atoms with van der Waals surface area (Å²) < 4.78 is 38.4. The first kappa shape index (κ1) is 17.8. The Kier molecular flexibility index (Phi) is 3.56. The van der Waals surface area contributed by atoms with Gasteiger partial charge in [0.15, 0.2) is 0 Å². The van der Waals surface area contributed by atoms with Crippen molar-refractivity contribution < 1.29 is 18.0 Å². The Morgan fingerprint density at radius 1 is 1.13 bits per heavy atom. The number of fused-ring (bicyclic) bond motifs is 2. The van der Waals surface area contributed by atoms with Crippen molar-refractivity contribution >= 4 is 22.6 Å². The summed E-state index contributed by atoms with van der Waals surface area (Å²) in [6.45, 7) is 0. The van der Waals surface area contributed by atoms with E-state index in [-0.39, 0.29) is 24.0 Å². The second kappa shape index (κ2) is 6.00. The lowest BCUT2D eigenvalue weighted by Gasteiger charge is -2.40. The molecule has 1 aromatic carbocycles. The second-order valence-corrected chi connectivity index (χ2v) is 8.50. The number of carbonyl (C=O) groups is 1. The van der Waals surface area contributed by atoms with Crippen LogP contribution in [-0.2, 0) is 6.18 Å². The van der Waals surface area contributed by atoms with Crippen molar-refractivity contribution in [1.82, 2.24) is 14.9 Å². The van der Waals surface area contributed by atoms with Crippen LogP contribution in [0.3, 0.4) is 0 Å². The molecule has 2 saturated heterocycles. The van der Waals surface area contributed by atoms with Gasteiger partial charge in [-0.25, -0.2) is 4.98 Å². The Hall–Kier alpha value is -3.03. The Morgan fingerprint density at radius 3 is 2.70 bits per heavy atom. The number of H-pyrrole nitrogens is 1. The van der Waals surface area contributed by atoms with E-state index in [1.165, 1.54) is 6.07 Å². The van der Waals surface area contributed by atoms with E-state index in [4.69, 9.17) is 0 Å². The van der Waals surface area contributed by atoms with Crippen molar-refractivity contribution in [1.29, 1.82) is 0 Å². The van der Waals surface area contributed by atoms with Gasteiger partial charge in [0.2, 0.25) is 0 Å². The highest BCUT2D eigenvalue weighted by Gasteiger charge is 2.67. The van der Waals surface area contributed by atoms with Gasteiger partial charge in [0.25, 0.3) is 5.91 Å². The average Bonchev–Trinajstić information content (AvgIpc) is 3.08. The van der Waals surface area contributed by atoms with Crippen LogP contribution in [0.15, 0.2) is 48.8 Å². The van der Waals surface area contributed by atoms with E-state index in [0.29, 0.717) is 23.2 Å². The van der Waals surface area contributed by atoms with Crippen LogP contribution in [0.2, 0.25) is 0 Å². The van der Waals surface area contributed by atoms with E-state index in [9.17, 15) is 18.0 Å². The maximum atomic E-state index is 13.5. The quantitative estimate of drug-likeness (QED) is 0.675. The van der Waals surface area contributed by atoms with E-state index >= 15 is 0 Å². The number of hydrogen-bond donors (Lipinski definition) is 2. The Balaban J connectivity index is 1.26. The minimum Gasteiger partial charge on any atom is -0.365 e. The molecule has 2 N–H and O–H groups in total. The number of carbonyl (C=O) groups excluding carboxylic acids is 1. The number of piperidine rings is 2. The molecule has 5 unspecified atom stereocenters. The molecule has 2 saturated carbocycles. The highest BCUT2D eigenvalue weighted by atomic mass is 19.4. The number of anilines is 1. The van der Waals surface area contributed by atoms with Crippen LogP contribution in [0.1, 0.15) is 28.8 Å². The third-order valence-corrected chi connectivity index (χ3v) is 6.95. The maximum Gasteiger partial charge on any atom is 0.417 e. The van der Waals surface area contributed by atoms with Crippen molar-refractivity contribution in [2.45, 2.75) is 37.1 Å². The summed E-state index contributed by atoms with van der Waals surface area (Å²) in [5, 5.41) is 4.29. The number of alkyl halides is 3. The SMILES string of the molecule is O=C(c1cccc2cc[nH]c12)N1C2CC3C(CC2Nc2ccc(C(F)(F)F)cn2)C31. The summed E-state index contributed by atoms with van der Waals surface area (Å²) in [6.07, 6.45) is 0.127. The average molecular weight is 412 g/mol. The number of halogens is 3. The fourth-order valence-electron chi connectivity index (χ4n) is 5.57. The molecule has 5 atom stereocenters. The monoisotopic (exact) mass is 412 g/mol. The van der Waals surface area contributed by atoms with Crippen molar-refractivity contribution in [3.63, 3.8) is 0 Å². The number of hydrogen-bond acceptors (Lipinski definition) is 3. The number of amides is 1. The lowest BCUT2D eigenvalue weighted by Crippen LogP contribution is -2.53. The van der Waals surface area contributed by atoms with Crippen molar-refractivity contribution in [2.75, 3.05) is 5.32 Å². The summed E-state index contributed by atoms with van der Waals surface area (Å²) in [6, 6.07) is 10.4. The van der Waals surface area contributed by atoms with E-state index < -0.39 is 11.7 Å². The lowest BCUT2D eigenvalue weighted by molar-refractivity contribution is -0.137. The fraction of sp³-hybridized carbons (Fsp3) is 0.364. The number of nitrogens with one attached hydrogen (secondary N) is 2. The lowest BCUT2D eigenvalue weighted by atomic mass is 9.88. The first-order chi connectivity index (χ1) is 14.4. The summed E-state index contributed by atoms with van der Waals surface area (Å²) in [5.74, 6) is 1.43. The molecule has 2 aliphatic heterocycles. The largest absolute Gasteiger partial charge is 0.417 e. The number of para-hydroxylation sites is 1. The molecular formula is C22H19F3N4O. The fourth-order valence-corrected chi connectivity index (χ4v) is 5.57. The van der Waals surface area contributed by atoms with Gasteiger partial charge in [-0.2, -0.15) is 13.2 Å². The zero-order valence-corrected chi connectivity index (χ0v) is 15.9. The van der Waals surface area contributed by atoms with Gasteiger partial charge in [0.05, 0.1) is 22.7 Å². The highest BCUT2D eigenvalue weighted by molar-refractivity contribution is 6.06. The predicted octanol–water partition coefficient (Wildman–Crippen LogP) is 4.30. The zero-order valence-electron chi connectivity index (χ0n) is 15.9. The molecule has 2 aliphatic carbocycles. The summed E-state index contributed by atoms with van der Waals surface area (Å²) in [4.78, 5) is 22.6. The number of benzene rings is 1. The van der Waals surface area contributed by atoms with Crippen LogP contribution in [-0.4, -0.2) is 38.9 Å². The zero-order chi connectivity index (χ0) is 20.6. The van der Waals surface area contributed by atoms with Gasteiger partial charge < -0.3 is 15.2 Å². The third-order valence-electron chi connectivity index (χ3n) is 6.95. The van der Waals surface area contributed by atoms with Gasteiger partial charge in [0.1, 0.15) is 5.82 Å². The molecule has 8 heteroatoms. The van der Waals surface area contributed by atoms with Crippen LogP contribution in [0.25, 0.3) is 10.9 Å². The molecule has 2 aromatic heterocycles. The summed E-state index contributed by atoms with van der Waals surface area (Å²) >= 11 is 0. The molecule has 7 rings (SSSR count). The van der Waals surface area contributed by atoms with Gasteiger partial charge in [0, 0.05) is 29.9 Å². The van der Waals surface area contributed by atoms with E-state index in [0.717, 1.165) is 36.0 Å². The molecule has 5 nitrogen and oxygen atoms in total. The van der Waals surface area contributed by atoms with Crippen molar-refractivity contribution in [3.8, 4) is 0 Å². The molecule has 4 bridgehead atoms. The van der Waals surface area contributed by atoms with Crippen LogP contribution in [0, 0.1) is 11.8 Å². The van der Waals surface area contributed by atoms with Crippen molar-refractivity contribution in [2.24, 2.45) is 11.8 Å². The van der Waals surface area contributed by atoms with Crippen LogP contribution < -0.4 is 5.32 Å². The first-order valence-electron chi connectivity index (χ1n) is 10.1. The number of rotatable bonds is 3. The van der Waals surface area contributed by atoms with Gasteiger partial charge in [-0.05, 0) is 48.9 Å². The Labute approximate surface area is 170 Å². The Morgan fingerprint density at radius 2 is 1.97 bits per heavy atom. The molecule has 4 aliphatic rings. The number of aromatic nitrogens is 2. The summed E-state index contributed by atoms with van der Waals surface area (Å²) in [7, 11) is 0. The second-order valence-electron chi connectivity index (χ2n) is 8.50. The molecule has 30 heavy (non-hydrogen) atoms.